The summed E-state index contributed by atoms with van der Waals surface area (Å²) in [4.78, 5) is 0. The standard InChI is InChI=1S/C14H18S2.CH4O/c1-4-7-12(2)8-5-6-10-15-14-13(3)9-11-16-14;1-2/h4-9,11H,10H2,1-3H3;2H,1H3/p+1/b6-5+,7-4-,12-8-;. The summed E-state index contributed by atoms with van der Waals surface area (Å²) < 4.78 is 1.49. The molecule has 0 aliphatic carbocycles. The van der Waals surface area contributed by atoms with Crippen LogP contribution in [0.25, 0.3) is 0 Å². The van der Waals surface area contributed by atoms with Gasteiger partial charge in [0.05, 0.1) is 0 Å². The Morgan fingerprint density at radius 3 is 2.72 bits per heavy atom. The molecule has 1 N–H and O–H groups in total. The van der Waals surface area contributed by atoms with Gasteiger partial charge in [-0.3, -0.25) is 0 Å². The van der Waals surface area contributed by atoms with E-state index < -0.39 is 0 Å². The van der Waals surface area contributed by atoms with Gasteiger partial charge in [0.2, 0.25) is 4.21 Å². The fourth-order valence-electron chi connectivity index (χ4n) is 1.26. The molecular formula is C15H23OS2+. The summed E-state index contributed by atoms with van der Waals surface area (Å²) in [6.45, 7) is 6.34. The highest BCUT2D eigenvalue weighted by molar-refractivity contribution is 7.81. The van der Waals surface area contributed by atoms with Gasteiger partial charge in [0, 0.05) is 24.4 Å². The molecule has 0 spiro atoms. The van der Waals surface area contributed by atoms with Gasteiger partial charge in [-0.05, 0) is 38.3 Å². The predicted molar refractivity (Wildman–Crippen MR) is 86.8 cm³/mol. The van der Waals surface area contributed by atoms with Gasteiger partial charge in [-0.1, -0.05) is 41.2 Å². The van der Waals surface area contributed by atoms with Gasteiger partial charge in [-0.15, -0.1) is 0 Å². The lowest BCUT2D eigenvalue weighted by molar-refractivity contribution is 0.399. The number of aliphatic hydroxyl groups is 1. The van der Waals surface area contributed by atoms with Gasteiger partial charge in [-0.25, -0.2) is 0 Å². The molecule has 0 fully saturated rings. The maximum Gasteiger partial charge on any atom is 0.209 e. The van der Waals surface area contributed by atoms with Crippen LogP contribution in [0, 0.1) is 6.92 Å². The van der Waals surface area contributed by atoms with E-state index in [9.17, 15) is 0 Å². The first-order valence-electron chi connectivity index (χ1n) is 5.86. The van der Waals surface area contributed by atoms with E-state index in [1.807, 2.05) is 18.3 Å². The second kappa shape index (κ2) is 11.3. The van der Waals surface area contributed by atoms with Crippen molar-refractivity contribution in [2.75, 3.05) is 12.9 Å². The molecule has 0 unspecified atom stereocenters. The van der Waals surface area contributed by atoms with Crippen LogP contribution in [0.4, 0.5) is 0 Å². The first-order chi connectivity index (χ1) is 8.74. The summed E-state index contributed by atoms with van der Waals surface area (Å²) in [6.07, 6.45) is 10.7. The Morgan fingerprint density at radius 1 is 1.44 bits per heavy atom. The van der Waals surface area contributed by atoms with Crippen LogP contribution in [0.1, 0.15) is 19.4 Å². The van der Waals surface area contributed by atoms with Gasteiger partial charge in [0.1, 0.15) is 5.75 Å². The Balaban J connectivity index is 0.00000137. The van der Waals surface area contributed by atoms with Crippen LogP contribution in [0.15, 0.2) is 51.6 Å². The third kappa shape index (κ3) is 7.54. The van der Waals surface area contributed by atoms with Crippen molar-refractivity contribution in [1.29, 1.82) is 0 Å². The van der Waals surface area contributed by atoms with Crippen molar-refractivity contribution in [3.63, 3.8) is 0 Å². The molecule has 0 saturated heterocycles. The molecule has 0 bridgehead atoms. The molecule has 0 atom stereocenters. The average molecular weight is 283 g/mol. The molecule has 100 valence electrons. The lowest BCUT2D eigenvalue weighted by atomic mass is 10.2. The molecule has 0 aliphatic rings. The van der Waals surface area contributed by atoms with Gasteiger partial charge in [0.25, 0.3) is 0 Å². The number of thiol groups is 1. The SMILES string of the molecule is CO.C\C=C/C(C)=C\C=C\C[SH+]c1sccc1C. The largest absolute Gasteiger partial charge is 0.400 e. The molecule has 18 heavy (non-hydrogen) atoms. The lowest BCUT2D eigenvalue weighted by Crippen LogP contribution is -1.84. The topological polar surface area (TPSA) is 20.2 Å². The van der Waals surface area contributed by atoms with Gasteiger partial charge < -0.3 is 5.11 Å². The molecule has 0 saturated carbocycles. The number of hydrogen-bond donors (Lipinski definition) is 1. The zero-order valence-electron chi connectivity index (χ0n) is 11.6. The van der Waals surface area contributed by atoms with Crippen molar-refractivity contribution in [2.45, 2.75) is 25.0 Å². The molecule has 0 aromatic carbocycles. The van der Waals surface area contributed by atoms with E-state index in [2.05, 4.69) is 55.7 Å². The number of hydrogen-bond acceptors (Lipinski definition) is 2. The molecule has 1 aromatic heterocycles. The molecule has 1 rings (SSSR count). The summed E-state index contributed by atoms with van der Waals surface area (Å²) in [5.74, 6) is 1.10. The van der Waals surface area contributed by atoms with Crippen LogP contribution in [0.5, 0.6) is 0 Å². The monoisotopic (exact) mass is 283 g/mol. The maximum atomic E-state index is 7.00. The summed E-state index contributed by atoms with van der Waals surface area (Å²) in [5, 5.41) is 9.16. The summed E-state index contributed by atoms with van der Waals surface area (Å²) >= 11 is 3.26. The summed E-state index contributed by atoms with van der Waals surface area (Å²) in [7, 11) is 1.00. The van der Waals surface area contributed by atoms with Crippen molar-refractivity contribution in [3.05, 3.63) is 53.0 Å². The smallest absolute Gasteiger partial charge is 0.209 e. The van der Waals surface area contributed by atoms with E-state index in [0.717, 1.165) is 12.9 Å². The van der Waals surface area contributed by atoms with E-state index >= 15 is 0 Å². The van der Waals surface area contributed by atoms with Gasteiger partial charge in [-0.2, -0.15) is 0 Å². The molecule has 0 radical (unpaired) electrons. The number of allylic oxidation sites excluding steroid dienone is 5. The van der Waals surface area contributed by atoms with E-state index in [0.29, 0.717) is 0 Å². The minimum absolute atomic E-state index is 1.00. The molecule has 0 amide bonds. The van der Waals surface area contributed by atoms with Crippen LogP contribution >= 0.6 is 11.3 Å². The normalized spacial score (nSPS) is 11.9. The molecule has 3 heteroatoms. The second-order valence-electron chi connectivity index (χ2n) is 3.59. The van der Waals surface area contributed by atoms with Gasteiger partial charge >= 0.3 is 0 Å². The minimum atomic E-state index is 1.00. The average Bonchev–Trinajstić information content (AvgIpc) is 2.78. The predicted octanol–water partition coefficient (Wildman–Crippen LogP) is 3.92. The summed E-state index contributed by atoms with van der Waals surface area (Å²) in [5.41, 5.74) is 2.71. The highest BCUT2D eigenvalue weighted by atomic mass is 32.2. The van der Waals surface area contributed by atoms with Crippen LogP contribution in [0.3, 0.4) is 0 Å². The molecule has 1 heterocycles. The van der Waals surface area contributed by atoms with Crippen molar-refractivity contribution < 1.29 is 5.11 Å². The van der Waals surface area contributed by atoms with Crippen molar-refractivity contribution in [2.24, 2.45) is 0 Å². The zero-order valence-corrected chi connectivity index (χ0v) is 13.3. The van der Waals surface area contributed by atoms with Crippen molar-refractivity contribution >= 4 is 23.1 Å². The Labute approximate surface area is 119 Å². The highest BCUT2D eigenvalue weighted by Crippen LogP contribution is 2.17. The lowest BCUT2D eigenvalue weighted by Gasteiger charge is -1.87. The summed E-state index contributed by atoms with van der Waals surface area (Å²) in [6, 6.07) is 2.19. The number of thiophene rings is 1. The van der Waals surface area contributed by atoms with Crippen molar-refractivity contribution in [1.82, 2.24) is 0 Å². The zero-order chi connectivity index (χ0) is 13.8. The fraction of sp³-hybridized carbons (Fsp3) is 0.333. The van der Waals surface area contributed by atoms with E-state index in [1.165, 1.54) is 27.1 Å². The first kappa shape index (κ1) is 17.2. The fourth-order valence-corrected chi connectivity index (χ4v) is 3.34. The molecule has 1 nitrogen and oxygen atoms in total. The van der Waals surface area contributed by atoms with E-state index in [4.69, 9.17) is 5.11 Å². The van der Waals surface area contributed by atoms with Crippen LogP contribution in [-0.2, 0) is 11.8 Å². The molecule has 0 aliphatic heterocycles. The quantitative estimate of drug-likeness (QED) is 0.493. The minimum Gasteiger partial charge on any atom is -0.400 e. The third-order valence-electron chi connectivity index (χ3n) is 2.10. The highest BCUT2D eigenvalue weighted by Gasteiger charge is 2.05. The number of aryl methyl sites for hydroxylation is 1. The maximum absolute atomic E-state index is 7.00. The number of aliphatic hydroxyl groups excluding tert-OH is 1. The Bertz CT molecular complexity index is 400. The van der Waals surface area contributed by atoms with E-state index in [-0.39, 0.29) is 0 Å². The van der Waals surface area contributed by atoms with E-state index in [1.54, 1.807) is 0 Å². The molecule has 1 aromatic rings. The van der Waals surface area contributed by atoms with Crippen molar-refractivity contribution in [3.8, 4) is 0 Å². The van der Waals surface area contributed by atoms with Crippen LogP contribution < -0.4 is 0 Å². The van der Waals surface area contributed by atoms with Crippen LogP contribution in [-0.4, -0.2) is 18.0 Å². The van der Waals surface area contributed by atoms with Gasteiger partial charge in [0.15, 0.2) is 0 Å². The Kier molecular flexibility index (Phi) is 10.8. The van der Waals surface area contributed by atoms with Crippen LogP contribution in [0.2, 0.25) is 0 Å². The molecular weight excluding hydrogens is 260 g/mol. The first-order valence-corrected chi connectivity index (χ1v) is 7.82. The third-order valence-corrected chi connectivity index (χ3v) is 4.65. The Morgan fingerprint density at radius 2 is 2.17 bits per heavy atom. The second-order valence-corrected chi connectivity index (χ2v) is 5.94. The number of rotatable bonds is 5. The Hall–Kier alpha value is -0.770.